The number of halogens is 1. The number of rotatable bonds is 6. The Morgan fingerprint density at radius 3 is 2.79 bits per heavy atom. The van der Waals surface area contributed by atoms with Gasteiger partial charge in [-0.05, 0) is 18.9 Å². The number of nitrogens with zero attached hydrogens (tertiary/aromatic N) is 7. The zero-order chi connectivity index (χ0) is 19.2. The maximum absolute atomic E-state index is 12.6. The second-order valence-corrected chi connectivity index (χ2v) is 6.87. The molecule has 28 heavy (non-hydrogen) atoms. The van der Waals surface area contributed by atoms with E-state index in [0.29, 0.717) is 25.6 Å². The molecule has 0 aromatic carbocycles. The lowest BCUT2D eigenvalue weighted by Gasteiger charge is -2.35. The number of hydrogen-bond donors (Lipinski definition) is 1. The molecular formula is C18H29IN8O. The van der Waals surface area contributed by atoms with E-state index in [4.69, 9.17) is 4.99 Å². The Morgan fingerprint density at radius 2 is 2.18 bits per heavy atom. The van der Waals surface area contributed by atoms with E-state index in [2.05, 4.69) is 22.4 Å². The van der Waals surface area contributed by atoms with E-state index in [1.165, 1.54) is 0 Å². The highest BCUT2D eigenvalue weighted by Crippen LogP contribution is 2.16. The zero-order valence-electron chi connectivity index (χ0n) is 16.7. The molecule has 1 saturated heterocycles. The number of carbonyl (C=O) groups is 1. The minimum atomic E-state index is 0. The van der Waals surface area contributed by atoms with Crippen molar-refractivity contribution in [3.05, 3.63) is 30.9 Å². The summed E-state index contributed by atoms with van der Waals surface area (Å²) in [5.74, 6) is 1.21. The minimum Gasteiger partial charge on any atom is -0.357 e. The van der Waals surface area contributed by atoms with Crippen LogP contribution in [-0.2, 0) is 18.4 Å². The van der Waals surface area contributed by atoms with E-state index in [9.17, 15) is 4.79 Å². The maximum atomic E-state index is 12.6. The number of aryl methyl sites for hydroxylation is 1. The van der Waals surface area contributed by atoms with Gasteiger partial charge >= 0.3 is 0 Å². The molecule has 1 aliphatic rings. The Morgan fingerprint density at radius 1 is 1.36 bits per heavy atom. The summed E-state index contributed by atoms with van der Waals surface area (Å²) >= 11 is 0. The first kappa shape index (κ1) is 22.2. The molecule has 0 radical (unpaired) electrons. The molecule has 1 amide bonds. The average Bonchev–Trinajstić information content (AvgIpc) is 3.30. The standard InChI is InChI=1S/C18H28N8O.HI/c1-4-19-18(20-10-15(2)12-25-7-5-6-21-25)24-8-9-26(17(27)14-24)16-11-22-23(3)13-16;/h5-7,11,13,15H,4,8-10,12,14H2,1-3H3,(H,19,20);1H. The summed E-state index contributed by atoms with van der Waals surface area (Å²) in [5.41, 5.74) is 0.844. The van der Waals surface area contributed by atoms with Gasteiger partial charge in [0.15, 0.2) is 5.96 Å². The molecule has 0 saturated carbocycles. The number of amides is 1. The van der Waals surface area contributed by atoms with Crippen molar-refractivity contribution < 1.29 is 4.79 Å². The van der Waals surface area contributed by atoms with E-state index >= 15 is 0 Å². The third-order valence-electron chi connectivity index (χ3n) is 4.47. The third-order valence-corrected chi connectivity index (χ3v) is 4.47. The van der Waals surface area contributed by atoms with Crippen LogP contribution in [0.5, 0.6) is 0 Å². The van der Waals surface area contributed by atoms with Gasteiger partial charge in [0.25, 0.3) is 0 Å². The second-order valence-electron chi connectivity index (χ2n) is 6.87. The first-order valence-electron chi connectivity index (χ1n) is 9.36. The van der Waals surface area contributed by atoms with Crippen molar-refractivity contribution in [1.82, 2.24) is 29.8 Å². The minimum absolute atomic E-state index is 0. The highest BCUT2D eigenvalue weighted by atomic mass is 127. The predicted molar refractivity (Wildman–Crippen MR) is 120 cm³/mol. The fourth-order valence-electron chi connectivity index (χ4n) is 3.13. The first-order chi connectivity index (χ1) is 13.1. The van der Waals surface area contributed by atoms with Crippen molar-refractivity contribution >= 4 is 41.5 Å². The van der Waals surface area contributed by atoms with Crippen LogP contribution in [0.4, 0.5) is 5.69 Å². The quantitative estimate of drug-likeness (QED) is 0.366. The Bertz CT molecular complexity index is 772. The molecule has 1 fully saturated rings. The Balaban J connectivity index is 0.00000280. The normalized spacial score (nSPS) is 16.1. The smallest absolute Gasteiger partial charge is 0.246 e. The van der Waals surface area contributed by atoms with Gasteiger partial charge in [-0.3, -0.25) is 19.2 Å². The molecule has 1 atom stereocenters. The fraction of sp³-hybridized carbons (Fsp3) is 0.556. The summed E-state index contributed by atoms with van der Waals surface area (Å²) in [6, 6.07) is 1.92. The van der Waals surface area contributed by atoms with Gasteiger partial charge in [0.2, 0.25) is 5.91 Å². The lowest BCUT2D eigenvalue weighted by molar-refractivity contribution is -0.120. The zero-order valence-corrected chi connectivity index (χ0v) is 19.0. The topological polar surface area (TPSA) is 83.6 Å². The molecule has 3 rings (SSSR count). The summed E-state index contributed by atoms with van der Waals surface area (Å²) in [5, 5.41) is 11.7. The van der Waals surface area contributed by atoms with Crippen molar-refractivity contribution in [2.75, 3.05) is 37.6 Å². The first-order valence-corrected chi connectivity index (χ1v) is 9.36. The number of aromatic nitrogens is 4. The number of guanidine groups is 1. The third kappa shape index (κ3) is 5.69. The van der Waals surface area contributed by atoms with E-state index in [0.717, 1.165) is 31.3 Å². The summed E-state index contributed by atoms with van der Waals surface area (Å²) in [7, 11) is 1.85. The fourth-order valence-corrected chi connectivity index (χ4v) is 3.13. The molecule has 1 aliphatic heterocycles. The second kappa shape index (κ2) is 10.4. The summed E-state index contributed by atoms with van der Waals surface area (Å²) in [6.45, 7) is 8.13. The molecular weight excluding hydrogens is 471 g/mol. The Hall–Kier alpha value is -2.11. The molecule has 0 aliphatic carbocycles. The molecule has 1 N–H and O–H groups in total. The van der Waals surface area contributed by atoms with Crippen molar-refractivity contribution in [2.24, 2.45) is 18.0 Å². The molecule has 2 aromatic heterocycles. The SMILES string of the molecule is CCNC(=NCC(C)Cn1cccn1)N1CCN(c2cnn(C)c2)C(=O)C1.I. The van der Waals surface area contributed by atoms with Crippen LogP contribution in [0, 0.1) is 5.92 Å². The Labute approximate surface area is 182 Å². The molecule has 3 heterocycles. The van der Waals surface area contributed by atoms with Crippen LogP contribution in [0.1, 0.15) is 13.8 Å². The number of anilines is 1. The number of carbonyl (C=O) groups excluding carboxylic acids is 1. The van der Waals surface area contributed by atoms with Crippen LogP contribution >= 0.6 is 24.0 Å². The van der Waals surface area contributed by atoms with Crippen molar-refractivity contribution in [1.29, 1.82) is 0 Å². The van der Waals surface area contributed by atoms with Crippen molar-refractivity contribution in [2.45, 2.75) is 20.4 Å². The molecule has 9 nitrogen and oxygen atoms in total. The number of nitrogens with one attached hydrogen (secondary N) is 1. The van der Waals surface area contributed by atoms with Gasteiger partial charge in [-0.15, -0.1) is 24.0 Å². The van der Waals surface area contributed by atoms with Crippen LogP contribution in [0.15, 0.2) is 35.8 Å². The molecule has 10 heteroatoms. The maximum Gasteiger partial charge on any atom is 0.246 e. The summed E-state index contributed by atoms with van der Waals surface area (Å²) in [4.78, 5) is 21.2. The highest BCUT2D eigenvalue weighted by molar-refractivity contribution is 14.0. The van der Waals surface area contributed by atoms with Gasteiger partial charge in [-0.25, -0.2) is 0 Å². The van der Waals surface area contributed by atoms with E-state index in [1.54, 1.807) is 22.0 Å². The van der Waals surface area contributed by atoms with Gasteiger partial charge < -0.3 is 15.1 Å². The lowest BCUT2D eigenvalue weighted by Crippen LogP contribution is -2.55. The van der Waals surface area contributed by atoms with Gasteiger partial charge in [0, 0.05) is 58.4 Å². The van der Waals surface area contributed by atoms with Gasteiger partial charge in [-0.2, -0.15) is 10.2 Å². The van der Waals surface area contributed by atoms with Gasteiger partial charge in [0.1, 0.15) is 6.54 Å². The van der Waals surface area contributed by atoms with Crippen LogP contribution in [0.2, 0.25) is 0 Å². The molecule has 2 aromatic rings. The summed E-state index contributed by atoms with van der Waals surface area (Å²) in [6.07, 6.45) is 7.34. The number of hydrogen-bond acceptors (Lipinski definition) is 4. The van der Waals surface area contributed by atoms with Crippen molar-refractivity contribution in [3.8, 4) is 0 Å². The van der Waals surface area contributed by atoms with Crippen LogP contribution in [-0.4, -0.2) is 69.1 Å². The molecule has 154 valence electrons. The van der Waals surface area contributed by atoms with E-state index in [1.807, 2.05) is 42.0 Å². The monoisotopic (exact) mass is 500 g/mol. The van der Waals surface area contributed by atoms with Crippen LogP contribution in [0.25, 0.3) is 0 Å². The number of aliphatic imine (C=N–C) groups is 1. The molecule has 0 spiro atoms. The van der Waals surface area contributed by atoms with E-state index in [-0.39, 0.29) is 29.9 Å². The average molecular weight is 500 g/mol. The van der Waals surface area contributed by atoms with Gasteiger partial charge in [0.05, 0.1) is 11.9 Å². The largest absolute Gasteiger partial charge is 0.357 e. The number of piperazine rings is 1. The lowest BCUT2D eigenvalue weighted by atomic mass is 10.2. The van der Waals surface area contributed by atoms with E-state index < -0.39 is 0 Å². The predicted octanol–water partition coefficient (Wildman–Crippen LogP) is 1.18. The molecule has 0 bridgehead atoms. The van der Waals surface area contributed by atoms with Crippen LogP contribution in [0.3, 0.4) is 0 Å². The summed E-state index contributed by atoms with van der Waals surface area (Å²) < 4.78 is 3.63. The highest BCUT2D eigenvalue weighted by Gasteiger charge is 2.27. The van der Waals surface area contributed by atoms with Crippen molar-refractivity contribution in [3.63, 3.8) is 0 Å². The molecule has 1 unspecified atom stereocenters. The Kier molecular flexibility index (Phi) is 8.27. The van der Waals surface area contributed by atoms with Crippen LogP contribution < -0.4 is 10.2 Å². The van der Waals surface area contributed by atoms with Gasteiger partial charge in [-0.1, -0.05) is 6.92 Å².